The van der Waals surface area contributed by atoms with Gasteiger partial charge in [0.2, 0.25) is 0 Å². The fraction of sp³-hybridized carbons (Fsp3) is 0.846. The highest BCUT2D eigenvalue weighted by atomic mass is 16.5. The first-order chi connectivity index (χ1) is 6.54. The van der Waals surface area contributed by atoms with Crippen LogP contribution in [0, 0.1) is 11.3 Å². The maximum absolute atomic E-state index is 6.11. The highest BCUT2D eigenvalue weighted by Crippen LogP contribution is 2.51. The predicted octanol–water partition coefficient (Wildman–Crippen LogP) is 3.55. The van der Waals surface area contributed by atoms with Gasteiger partial charge < -0.3 is 4.74 Å². The first-order valence-corrected chi connectivity index (χ1v) is 5.83. The van der Waals surface area contributed by atoms with Crippen LogP contribution in [0.3, 0.4) is 0 Å². The maximum Gasteiger partial charge on any atom is 0.0720 e. The van der Waals surface area contributed by atoms with Crippen molar-refractivity contribution in [3.05, 3.63) is 12.2 Å². The largest absolute Gasteiger partial charge is 0.371 e. The summed E-state index contributed by atoms with van der Waals surface area (Å²) in [4.78, 5) is 0. The Kier molecular flexibility index (Phi) is 2.46. The van der Waals surface area contributed by atoms with Crippen LogP contribution in [0.2, 0.25) is 0 Å². The molecule has 0 saturated heterocycles. The molecule has 1 nitrogen and oxygen atoms in total. The average Bonchev–Trinajstić information content (AvgIpc) is 2.24. The van der Waals surface area contributed by atoms with Crippen molar-refractivity contribution < 1.29 is 4.74 Å². The van der Waals surface area contributed by atoms with Gasteiger partial charge in [0.05, 0.1) is 12.2 Å². The Morgan fingerprint density at radius 1 is 1.29 bits per heavy atom. The highest BCUT2D eigenvalue weighted by molar-refractivity contribution is 5.03. The van der Waals surface area contributed by atoms with Crippen molar-refractivity contribution in [2.75, 3.05) is 6.61 Å². The van der Waals surface area contributed by atoms with Gasteiger partial charge in [0.25, 0.3) is 0 Å². The third kappa shape index (κ3) is 1.75. The van der Waals surface area contributed by atoms with E-state index in [1.807, 2.05) is 0 Å². The molecule has 2 rings (SSSR count). The molecule has 0 N–H and O–H groups in total. The summed E-state index contributed by atoms with van der Waals surface area (Å²) in [5.41, 5.74) is 0.663. The minimum atomic E-state index is 0.188. The Morgan fingerprint density at radius 2 is 2.07 bits per heavy atom. The van der Waals surface area contributed by atoms with Gasteiger partial charge in [-0.25, -0.2) is 0 Å². The third-order valence-corrected chi connectivity index (χ3v) is 3.90. The number of hydrogen-bond donors (Lipinski definition) is 0. The first-order valence-electron chi connectivity index (χ1n) is 5.83. The molecule has 1 heterocycles. The lowest BCUT2D eigenvalue weighted by Gasteiger charge is -2.33. The molecule has 2 aliphatic rings. The molecule has 1 spiro atoms. The molecule has 0 aromatic rings. The zero-order chi connectivity index (χ0) is 10.2. The van der Waals surface area contributed by atoms with Gasteiger partial charge in [-0.3, -0.25) is 0 Å². The van der Waals surface area contributed by atoms with Gasteiger partial charge in [-0.05, 0) is 37.0 Å². The topological polar surface area (TPSA) is 9.23 Å². The Morgan fingerprint density at radius 3 is 2.71 bits per heavy atom. The Hall–Kier alpha value is -0.300. The first kappa shape index (κ1) is 10.2. The summed E-state index contributed by atoms with van der Waals surface area (Å²) in [6.07, 6.45) is 9.41. The van der Waals surface area contributed by atoms with E-state index in [-0.39, 0.29) is 5.60 Å². The summed E-state index contributed by atoms with van der Waals surface area (Å²) in [7, 11) is 0. The van der Waals surface area contributed by atoms with E-state index in [4.69, 9.17) is 4.74 Å². The van der Waals surface area contributed by atoms with Gasteiger partial charge in [-0.2, -0.15) is 0 Å². The van der Waals surface area contributed by atoms with Gasteiger partial charge in [0.1, 0.15) is 0 Å². The average molecular weight is 194 g/mol. The lowest BCUT2D eigenvalue weighted by atomic mass is 9.86. The second-order valence-corrected chi connectivity index (χ2v) is 5.83. The van der Waals surface area contributed by atoms with Gasteiger partial charge in [0, 0.05) is 0 Å². The minimum Gasteiger partial charge on any atom is -0.371 e. The zero-order valence-corrected chi connectivity index (χ0v) is 9.68. The standard InChI is InChI=1S/C13H22O/c1-11-9-12(2,3)10-13(11)7-5-4-6-8-14-13/h4,6,11H,5,7-10H2,1-3H3/t11-,13-/m0/s1. The molecule has 0 amide bonds. The number of hydrogen-bond acceptors (Lipinski definition) is 1. The van der Waals surface area contributed by atoms with Crippen molar-refractivity contribution in [3.63, 3.8) is 0 Å². The maximum atomic E-state index is 6.11. The van der Waals surface area contributed by atoms with Crippen LogP contribution in [0.25, 0.3) is 0 Å². The molecule has 1 aliphatic carbocycles. The normalized spacial score (nSPS) is 41.5. The van der Waals surface area contributed by atoms with Crippen molar-refractivity contribution in [1.29, 1.82) is 0 Å². The quantitative estimate of drug-likeness (QED) is 0.536. The monoisotopic (exact) mass is 194 g/mol. The van der Waals surface area contributed by atoms with E-state index in [0.29, 0.717) is 5.41 Å². The molecule has 1 fully saturated rings. The molecular formula is C13H22O. The van der Waals surface area contributed by atoms with Crippen LogP contribution in [-0.2, 0) is 4.74 Å². The summed E-state index contributed by atoms with van der Waals surface area (Å²) in [5, 5.41) is 0. The SMILES string of the molecule is C[C@H]1CC(C)(C)C[C@@]12CCC=CCO2. The summed E-state index contributed by atoms with van der Waals surface area (Å²) in [6, 6.07) is 0. The number of ether oxygens (including phenoxy) is 1. The van der Waals surface area contributed by atoms with Gasteiger partial charge in [-0.1, -0.05) is 32.9 Å². The lowest BCUT2D eigenvalue weighted by molar-refractivity contribution is -0.0612. The van der Waals surface area contributed by atoms with E-state index in [9.17, 15) is 0 Å². The Labute approximate surface area is 87.5 Å². The minimum absolute atomic E-state index is 0.188. The second-order valence-electron chi connectivity index (χ2n) is 5.83. The fourth-order valence-corrected chi connectivity index (χ4v) is 3.40. The highest BCUT2D eigenvalue weighted by Gasteiger charge is 2.48. The Balaban J connectivity index is 2.15. The van der Waals surface area contributed by atoms with Crippen LogP contribution in [0.15, 0.2) is 12.2 Å². The lowest BCUT2D eigenvalue weighted by Crippen LogP contribution is -2.35. The van der Waals surface area contributed by atoms with E-state index < -0.39 is 0 Å². The molecule has 1 aliphatic heterocycles. The second kappa shape index (κ2) is 3.37. The van der Waals surface area contributed by atoms with E-state index in [0.717, 1.165) is 12.5 Å². The van der Waals surface area contributed by atoms with E-state index in [2.05, 4.69) is 32.9 Å². The van der Waals surface area contributed by atoms with Crippen LogP contribution in [0.1, 0.15) is 46.5 Å². The molecule has 1 heteroatoms. The summed E-state index contributed by atoms with van der Waals surface area (Å²) in [5.74, 6) is 0.720. The van der Waals surface area contributed by atoms with Crippen molar-refractivity contribution >= 4 is 0 Å². The molecule has 0 aromatic heterocycles. The zero-order valence-electron chi connectivity index (χ0n) is 9.68. The molecule has 0 unspecified atom stereocenters. The molecule has 0 aromatic carbocycles. The number of rotatable bonds is 0. The molecule has 0 bridgehead atoms. The predicted molar refractivity (Wildman–Crippen MR) is 59.2 cm³/mol. The van der Waals surface area contributed by atoms with Crippen LogP contribution in [0.4, 0.5) is 0 Å². The van der Waals surface area contributed by atoms with Crippen molar-refractivity contribution in [2.45, 2.75) is 52.1 Å². The van der Waals surface area contributed by atoms with Crippen LogP contribution in [-0.4, -0.2) is 12.2 Å². The van der Waals surface area contributed by atoms with Gasteiger partial charge >= 0.3 is 0 Å². The molecule has 2 atom stereocenters. The molecule has 0 radical (unpaired) electrons. The third-order valence-electron chi connectivity index (χ3n) is 3.90. The fourth-order valence-electron chi connectivity index (χ4n) is 3.40. The Bertz CT molecular complexity index is 230. The summed E-state index contributed by atoms with van der Waals surface area (Å²) < 4.78 is 6.11. The molecular weight excluding hydrogens is 172 g/mol. The number of allylic oxidation sites excluding steroid dienone is 1. The van der Waals surface area contributed by atoms with Crippen LogP contribution >= 0.6 is 0 Å². The van der Waals surface area contributed by atoms with E-state index in [1.54, 1.807) is 0 Å². The molecule has 14 heavy (non-hydrogen) atoms. The van der Waals surface area contributed by atoms with Gasteiger partial charge in [0.15, 0.2) is 0 Å². The molecule has 80 valence electrons. The smallest absolute Gasteiger partial charge is 0.0720 e. The van der Waals surface area contributed by atoms with Gasteiger partial charge in [-0.15, -0.1) is 0 Å². The molecule has 1 saturated carbocycles. The van der Waals surface area contributed by atoms with Crippen molar-refractivity contribution in [1.82, 2.24) is 0 Å². The summed E-state index contributed by atoms with van der Waals surface area (Å²) >= 11 is 0. The van der Waals surface area contributed by atoms with Crippen molar-refractivity contribution in [2.24, 2.45) is 11.3 Å². The van der Waals surface area contributed by atoms with Crippen LogP contribution in [0.5, 0.6) is 0 Å². The van der Waals surface area contributed by atoms with E-state index in [1.165, 1.54) is 25.7 Å². The van der Waals surface area contributed by atoms with E-state index >= 15 is 0 Å². The van der Waals surface area contributed by atoms with Crippen LogP contribution < -0.4 is 0 Å². The summed E-state index contributed by atoms with van der Waals surface area (Å²) in [6.45, 7) is 7.93. The van der Waals surface area contributed by atoms with Crippen molar-refractivity contribution in [3.8, 4) is 0 Å².